The lowest BCUT2D eigenvalue weighted by Crippen LogP contribution is -2.18. The minimum Gasteiger partial charge on any atom is -0.484 e. The van der Waals surface area contributed by atoms with Crippen LogP contribution in [-0.4, -0.2) is 5.11 Å². The molecule has 0 saturated heterocycles. The Kier molecular flexibility index (Phi) is 3.13. The van der Waals surface area contributed by atoms with Crippen LogP contribution in [-0.2, 0) is 0 Å². The normalized spacial score (nSPS) is 22.4. The second-order valence-corrected chi connectivity index (χ2v) is 6.07. The molecule has 0 fully saturated rings. The van der Waals surface area contributed by atoms with Crippen LogP contribution in [0.1, 0.15) is 29.1 Å². The smallest absolute Gasteiger partial charge is 0.136 e. The molecule has 1 aliphatic rings. The SMILES string of the molecule is O[C@H]1CC(c2cc(Br)cs2)Oc2ccc(F)cc21. The summed E-state index contributed by atoms with van der Waals surface area (Å²) in [6, 6.07) is 6.23. The second kappa shape index (κ2) is 4.64. The van der Waals surface area contributed by atoms with E-state index in [2.05, 4.69) is 15.9 Å². The van der Waals surface area contributed by atoms with Crippen molar-refractivity contribution in [3.05, 3.63) is 50.4 Å². The summed E-state index contributed by atoms with van der Waals surface area (Å²) in [4.78, 5) is 1.05. The fourth-order valence-corrected chi connectivity index (χ4v) is 3.58. The van der Waals surface area contributed by atoms with Gasteiger partial charge in [-0.25, -0.2) is 4.39 Å². The topological polar surface area (TPSA) is 29.5 Å². The Morgan fingerprint density at radius 2 is 2.22 bits per heavy atom. The summed E-state index contributed by atoms with van der Waals surface area (Å²) >= 11 is 4.98. The summed E-state index contributed by atoms with van der Waals surface area (Å²) in [6.07, 6.45) is -0.409. The van der Waals surface area contributed by atoms with Gasteiger partial charge in [0, 0.05) is 26.7 Å². The van der Waals surface area contributed by atoms with Gasteiger partial charge in [0.1, 0.15) is 17.7 Å². The lowest BCUT2D eigenvalue weighted by molar-refractivity contribution is 0.0670. The van der Waals surface area contributed by atoms with Gasteiger partial charge in [-0.3, -0.25) is 0 Å². The number of hydrogen-bond acceptors (Lipinski definition) is 3. The van der Waals surface area contributed by atoms with Gasteiger partial charge in [-0.15, -0.1) is 11.3 Å². The molecule has 2 nitrogen and oxygen atoms in total. The standard InChI is InChI=1S/C13H10BrFO2S/c14-7-3-13(18-6-7)12-5-10(16)9-4-8(15)1-2-11(9)17-12/h1-4,6,10,12,16H,5H2/t10-,12?/m0/s1. The molecule has 1 unspecified atom stereocenters. The first-order valence-corrected chi connectivity index (χ1v) is 7.19. The van der Waals surface area contributed by atoms with E-state index in [0.717, 1.165) is 9.35 Å². The fraction of sp³-hybridized carbons (Fsp3) is 0.231. The van der Waals surface area contributed by atoms with Crippen molar-refractivity contribution < 1.29 is 14.2 Å². The van der Waals surface area contributed by atoms with Gasteiger partial charge >= 0.3 is 0 Å². The number of aliphatic hydroxyl groups is 1. The van der Waals surface area contributed by atoms with E-state index in [0.29, 0.717) is 17.7 Å². The third-order valence-electron chi connectivity index (χ3n) is 2.94. The summed E-state index contributed by atoms with van der Waals surface area (Å²) in [5, 5.41) is 12.0. The summed E-state index contributed by atoms with van der Waals surface area (Å²) in [5.41, 5.74) is 0.530. The van der Waals surface area contributed by atoms with Crippen molar-refractivity contribution in [1.82, 2.24) is 0 Å². The molecule has 1 aliphatic heterocycles. The first-order valence-electron chi connectivity index (χ1n) is 5.51. The molecule has 0 aliphatic carbocycles. The lowest BCUT2D eigenvalue weighted by atomic mass is 9.98. The van der Waals surface area contributed by atoms with Crippen molar-refractivity contribution in [3.8, 4) is 5.75 Å². The molecular formula is C13H10BrFO2S. The Morgan fingerprint density at radius 1 is 1.39 bits per heavy atom. The van der Waals surface area contributed by atoms with E-state index in [4.69, 9.17) is 4.74 Å². The number of halogens is 2. The van der Waals surface area contributed by atoms with Crippen LogP contribution >= 0.6 is 27.3 Å². The van der Waals surface area contributed by atoms with Crippen molar-refractivity contribution in [2.45, 2.75) is 18.6 Å². The van der Waals surface area contributed by atoms with E-state index < -0.39 is 6.10 Å². The van der Waals surface area contributed by atoms with Crippen LogP contribution in [0.4, 0.5) is 4.39 Å². The molecule has 2 heterocycles. The maximum absolute atomic E-state index is 13.1. The molecule has 1 N–H and O–H groups in total. The molecule has 18 heavy (non-hydrogen) atoms. The number of ether oxygens (including phenoxy) is 1. The fourth-order valence-electron chi connectivity index (χ4n) is 2.09. The number of rotatable bonds is 1. The first-order chi connectivity index (χ1) is 8.63. The maximum Gasteiger partial charge on any atom is 0.136 e. The predicted octanol–water partition coefficient (Wildman–Crippen LogP) is 4.21. The molecule has 0 bridgehead atoms. The average Bonchev–Trinajstić information content (AvgIpc) is 2.77. The Labute approximate surface area is 116 Å². The molecule has 94 valence electrons. The van der Waals surface area contributed by atoms with Crippen LogP contribution in [0.25, 0.3) is 0 Å². The second-order valence-electron chi connectivity index (χ2n) is 4.21. The van der Waals surface area contributed by atoms with Crippen molar-refractivity contribution in [2.24, 2.45) is 0 Å². The molecule has 1 aromatic heterocycles. The highest BCUT2D eigenvalue weighted by Gasteiger charge is 2.29. The number of thiophene rings is 1. The van der Waals surface area contributed by atoms with E-state index in [-0.39, 0.29) is 11.9 Å². The van der Waals surface area contributed by atoms with E-state index in [9.17, 15) is 9.50 Å². The van der Waals surface area contributed by atoms with Crippen LogP contribution in [0, 0.1) is 5.82 Å². The summed E-state index contributed by atoms with van der Waals surface area (Å²) < 4.78 is 19.9. The predicted molar refractivity (Wildman–Crippen MR) is 71.4 cm³/mol. The van der Waals surface area contributed by atoms with Gasteiger partial charge in [-0.1, -0.05) is 0 Å². The minimum atomic E-state index is -0.685. The van der Waals surface area contributed by atoms with E-state index in [1.807, 2.05) is 11.4 Å². The molecule has 0 amide bonds. The van der Waals surface area contributed by atoms with E-state index in [1.165, 1.54) is 12.1 Å². The van der Waals surface area contributed by atoms with Crippen LogP contribution in [0.2, 0.25) is 0 Å². The zero-order valence-corrected chi connectivity index (χ0v) is 11.7. The van der Waals surface area contributed by atoms with E-state index >= 15 is 0 Å². The van der Waals surface area contributed by atoms with Crippen molar-refractivity contribution >= 4 is 27.3 Å². The van der Waals surface area contributed by atoms with Crippen molar-refractivity contribution in [3.63, 3.8) is 0 Å². The third kappa shape index (κ3) is 2.18. The Morgan fingerprint density at radius 3 is 2.94 bits per heavy atom. The van der Waals surface area contributed by atoms with Crippen molar-refractivity contribution in [2.75, 3.05) is 0 Å². The van der Waals surface area contributed by atoms with Gasteiger partial charge in [0.25, 0.3) is 0 Å². The highest BCUT2D eigenvalue weighted by Crippen LogP contribution is 2.42. The molecule has 5 heteroatoms. The summed E-state index contributed by atoms with van der Waals surface area (Å²) in [5.74, 6) is 0.207. The maximum atomic E-state index is 13.1. The van der Waals surface area contributed by atoms with Crippen LogP contribution in [0.15, 0.2) is 34.1 Å². The van der Waals surface area contributed by atoms with Crippen LogP contribution < -0.4 is 4.74 Å². The van der Waals surface area contributed by atoms with Crippen LogP contribution in [0.3, 0.4) is 0 Å². The summed E-state index contributed by atoms with van der Waals surface area (Å²) in [7, 11) is 0. The highest BCUT2D eigenvalue weighted by molar-refractivity contribution is 9.10. The van der Waals surface area contributed by atoms with Gasteiger partial charge in [0.05, 0.1) is 6.10 Å². The number of benzene rings is 1. The zero-order valence-electron chi connectivity index (χ0n) is 9.27. The molecule has 2 aromatic rings. The van der Waals surface area contributed by atoms with Gasteiger partial charge in [0.15, 0.2) is 0 Å². The highest BCUT2D eigenvalue weighted by atomic mass is 79.9. The lowest BCUT2D eigenvalue weighted by Gasteiger charge is -2.29. The molecular weight excluding hydrogens is 319 g/mol. The minimum absolute atomic E-state index is 0.172. The van der Waals surface area contributed by atoms with E-state index in [1.54, 1.807) is 17.4 Å². The largest absolute Gasteiger partial charge is 0.484 e. The van der Waals surface area contributed by atoms with Gasteiger partial charge in [0.2, 0.25) is 0 Å². The van der Waals surface area contributed by atoms with Gasteiger partial charge in [-0.05, 0) is 40.2 Å². The monoisotopic (exact) mass is 328 g/mol. The van der Waals surface area contributed by atoms with Crippen molar-refractivity contribution in [1.29, 1.82) is 0 Å². The molecule has 1 aromatic carbocycles. The molecule has 0 radical (unpaired) electrons. The Hall–Kier alpha value is -0.910. The number of hydrogen-bond donors (Lipinski definition) is 1. The Bertz CT molecular complexity index is 584. The molecule has 0 saturated carbocycles. The molecule has 3 rings (SSSR count). The first kappa shape index (κ1) is 12.1. The summed E-state index contributed by atoms with van der Waals surface area (Å²) in [6.45, 7) is 0. The molecule has 0 spiro atoms. The quantitative estimate of drug-likeness (QED) is 0.849. The number of fused-ring (bicyclic) bond motifs is 1. The zero-order chi connectivity index (χ0) is 12.7. The van der Waals surface area contributed by atoms with Gasteiger partial charge in [-0.2, -0.15) is 0 Å². The van der Waals surface area contributed by atoms with Crippen LogP contribution in [0.5, 0.6) is 5.75 Å². The average molecular weight is 329 g/mol. The molecule has 2 atom stereocenters. The van der Waals surface area contributed by atoms with Gasteiger partial charge < -0.3 is 9.84 Å². The number of aliphatic hydroxyl groups excluding tert-OH is 1. The third-order valence-corrected chi connectivity index (χ3v) is 4.73. The Balaban J connectivity index is 1.94.